The van der Waals surface area contributed by atoms with Crippen LogP contribution in [0.2, 0.25) is 0 Å². The Kier molecular flexibility index (Phi) is 6.46. The molecule has 1 atom stereocenters. The highest BCUT2D eigenvalue weighted by molar-refractivity contribution is 5.99. The molecule has 5 rings (SSSR count). The van der Waals surface area contributed by atoms with Crippen LogP contribution < -0.4 is 10.4 Å². The molecule has 36 heavy (non-hydrogen) atoms. The summed E-state index contributed by atoms with van der Waals surface area (Å²) in [6.45, 7) is 15.4. The van der Waals surface area contributed by atoms with Gasteiger partial charge in [0.15, 0.2) is 0 Å². The molecule has 0 bridgehead atoms. The number of aliphatic hydroxyl groups is 1. The monoisotopic (exact) mass is 485 g/mol. The summed E-state index contributed by atoms with van der Waals surface area (Å²) in [4.78, 5) is 11.4. The molecular formula is C31H36FN3O. The second-order valence-electron chi connectivity index (χ2n) is 10.8. The van der Waals surface area contributed by atoms with E-state index in [9.17, 15) is 9.50 Å². The summed E-state index contributed by atoms with van der Waals surface area (Å²) in [7, 11) is 0. The lowest BCUT2D eigenvalue weighted by Crippen LogP contribution is -2.47. The van der Waals surface area contributed by atoms with Crippen LogP contribution >= 0.6 is 0 Å². The van der Waals surface area contributed by atoms with Crippen molar-refractivity contribution < 1.29 is 9.50 Å². The summed E-state index contributed by atoms with van der Waals surface area (Å²) in [6.07, 6.45) is 7.73. The van der Waals surface area contributed by atoms with Gasteiger partial charge in [-0.1, -0.05) is 32.1 Å². The van der Waals surface area contributed by atoms with E-state index >= 15 is 0 Å². The van der Waals surface area contributed by atoms with Gasteiger partial charge in [-0.15, -0.1) is 0 Å². The quantitative estimate of drug-likeness (QED) is 0.505. The van der Waals surface area contributed by atoms with Crippen molar-refractivity contribution in [2.75, 3.05) is 13.1 Å². The Morgan fingerprint density at radius 2 is 2.06 bits per heavy atom. The van der Waals surface area contributed by atoms with E-state index < -0.39 is 5.60 Å². The summed E-state index contributed by atoms with van der Waals surface area (Å²) in [5.41, 5.74) is 4.05. The maximum absolute atomic E-state index is 14.9. The fourth-order valence-corrected chi connectivity index (χ4v) is 5.92. The van der Waals surface area contributed by atoms with Crippen molar-refractivity contribution in [2.24, 2.45) is 4.99 Å². The van der Waals surface area contributed by atoms with Gasteiger partial charge < -0.3 is 10.0 Å². The van der Waals surface area contributed by atoms with E-state index in [4.69, 9.17) is 4.98 Å². The number of aliphatic imine (C=N–C) groups is 1. The molecule has 2 heterocycles. The first-order valence-electron chi connectivity index (χ1n) is 13.1. The number of pyridine rings is 1. The molecule has 3 aromatic rings. The number of fused-ring (bicyclic) bond motifs is 1. The number of halogens is 1. The highest BCUT2D eigenvalue weighted by Crippen LogP contribution is 2.41. The predicted molar refractivity (Wildman–Crippen MR) is 147 cm³/mol. The third kappa shape index (κ3) is 4.24. The van der Waals surface area contributed by atoms with E-state index in [-0.39, 0.29) is 5.82 Å². The number of aromatic nitrogens is 1. The van der Waals surface area contributed by atoms with Gasteiger partial charge in [-0.05, 0) is 103 Å². The zero-order chi connectivity index (χ0) is 25.6. The Hall–Kier alpha value is -3.05. The van der Waals surface area contributed by atoms with Gasteiger partial charge in [0.25, 0.3) is 0 Å². The van der Waals surface area contributed by atoms with E-state index in [0.29, 0.717) is 24.7 Å². The van der Waals surface area contributed by atoms with Crippen LogP contribution in [0.15, 0.2) is 35.5 Å². The lowest BCUT2D eigenvalue weighted by atomic mass is 9.78. The lowest BCUT2D eigenvalue weighted by molar-refractivity contribution is 0.00194. The number of nitrogens with zero attached hydrogens (tertiary/aromatic N) is 3. The molecule has 188 valence electrons. The van der Waals surface area contributed by atoms with Gasteiger partial charge in [-0.2, -0.15) is 0 Å². The lowest BCUT2D eigenvalue weighted by Gasteiger charge is -2.38. The van der Waals surface area contributed by atoms with Crippen LogP contribution in [-0.4, -0.2) is 40.4 Å². The number of β-amino-alcohol motifs (C(OH)–C–C–N with tert-alkyl or cyclic N) is 1. The second kappa shape index (κ2) is 9.44. The third-order valence-electron chi connectivity index (χ3n) is 8.20. The minimum Gasteiger partial charge on any atom is -0.388 e. The van der Waals surface area contributed by atoms with E-state index in [2.05, 4.69) is 35.3 Å². The van der Waals surface area contributed by atoms with Crippen LogP contribution in [0.1, 0.15) is 68.6 Å². The maximum atomic E-state index is 14.9. The van der Waals surface area contributed by atoms with Crippen LogP contribution in [-0.2, 0) is 6.42 Å². The SMILES string of the molecule is C=N/C(=c1/cnc(-c2cc(C3CCC3)cc3ccc(F)c(CC)c23)c(C)c1=C)N1CCC[C@@](C)(O)C1. The van der Waals surface area contributed by atoms with Crippen molar-refractivity contribution in [1.29, 1.82) is 0 Å². The first-order valence-corrected chi connectivity index (χ1v) is 13.1. The molecule has 0 spiro atoms. The predicted octanol–water partition coefficient (Wildman–Crippen LogP) is 5.20. The number of rotatable bonds is 5. The second-order valence-corrected chi connectivity index (χ2v) is 10.8. The largest absolute Gasteiger partial charge is 0.388 e. The average molecular weight is 486 g/mol. The molecule has 1 saturated carbocycles. The minimum absolute atomic E-state index is 0.171. The summed E-state index contributed by atoms with van der Waals surface area (Å²) >= 11 is 0. The zero-order valence-corrected chi connectivity index (χ0v) is 21.7. The fourth-order valence-electron chi connectivity index (χ4n) is 5.92. The Bertz CT molecular complexity index is 1460. The Morgan fingerprint density at radius 3 is 2.69 bits per heavy atom. The molecule has 1 aromatic heterocycles. The van der Waals surface area contributed by atoms with Crippen LogP contribution in [0, 0.1) is 12.7 Å². The Balaban J connectivity index is 1.74. The van der Waals surface area contributed by atoms with Gasteiger partial charge >= 0.3 is 0 Å². The molecule has 0 radical (unpaired) electrons. The molecule has 2 aliphatic rings. The normalized spacial score (nSPS) is 21.4. The van der Waals surface area contributed by atoms with E-state index in [1.165, 1.54) is 24.8 Å². The summed E-state index contributed by atoms with van der Waals surface area (Å²) in [6, 6.07) is 7.97. The molecule has 2 fully saturated rings. The zero-order valence-electron chi connectivity index (χ0n) is 21.7. The van der Waals surface area contributed by atoms with Crippen molar-refractivity contribution in [3.05, 3.63) is 63.4 Å². The van der Waals surface area contributed by atoms with E-state index in [1.54, 1.807) is 6.07 Å². The van der Waals surface area contributed by atoms with Crippen molar-refractivity contribution in [3.8, 4) is 11.3 Å². The summed E-state index contributed by atoms with van der Waals surface area (Å²) in [5, 5.41) is 14.3. The topological polar surface area (TPSA) is 48.7 Å². The number of benzene rings is 2. The van der Waals surface area contributed by atoms with Crippen LogP contribution in [0.25, 0.3) is 34.4 Å². The maximum Gasteiger partial charge on any atom is 0.137 e. The smallest absolute Gasteiger partial charge is 0.137 e. The van der Waals surface area contributed by atoms with Gasteiger partial charge in [0.1, 0.15) is 11.6 Å². The number of hydrogen-bond acceptors (Lipinski definition) is 4. The Morgan fingerprint density at radius 1 is 1.28 bits per heavy atom. The third-order valence-corrected chi connectivity index (χ3v) is 8.20. The van der Waals surface area contributed by atoms with E-state index in [1.807, 2.05) is 33.0 Å². The van der Waals surface area contributed by atoms with Crippen LogP contribution in [0.5, 0.6) is 0 Å². The van der Waals surface area contributed by atoms with Crippen molar-refractivity contribution in [1.82, 2.24) is 9.88 Å². The van der Waals surface area contributed by atoms with Gasteiger partial charge in [0, 0.05) is 30.1 Å². The van der Waals surface area contributed by atoms with Crippen molar-refractivity contribution in [2.45, 2.75) is 70.8 Å². The molecule has 5 heteroatoms. The van der Waals surface area contributed by atoms with Gasteiger partial charge in [0.2, 0.25) is 0 Å². The first kappa shape index (κ1) is 24.6. The molecule has 4 nitrogen and oxygen atoms in total. The average Bonchev–Trinajstić information content (AvgIpc) is 2.80. The molecule has 1 saturated heterocycles. The van der Waals surface area contributed by atoms with Gasteiger partial charge in [-0.25, -0.2) is 9.38 Å². The number of hydrogen-bond donors (Lipinski definition) is 1. The molecule has 2 aromatic carbocycles. The number of likely N-dealkylation sites (tertiary alicyclic amines) is 1. The highest BCUT2D eigenvalue weighted by Gasteiger charge is 2.30. The van der Waals surface area contributed by atoms with Crippen LogP contribution in [0.4, 0.5) is 4.39 Å². The van der Waals surface area contributed by atoms with Crippen molar-refractivity contribution in [3.63, 3.8) is 0 Å². The van der Waals surface area contributed by atoms with Crippen molar-refractivity contribution >= 4 is 29.9 Å². The standard InChI is InChI=1S/C31H36FN3O/c1-6-24-27(32)12-11-22-15-23(21-9-7-10-21)16-25(28(22)24)29-20(3)19(2)26(17-34-29)30(33-5)35-14-8-13-31(4,36)18-35/h11-12,15-17,21,36H,2,5-10,13-14,18H2,1,3-4H3/b30-26+/t31-/m1/s1. The molecule has 0 amide bonds. The number of aryl methyl sites for hydroxylation is 1. The first-order chi connectivity index (χ1) is 17.2. The Labute approximate surface area is 212 Å². The highest BCUT2D eigenvalue weighted by atomic mass is 19.1. The summed E-state index contributed by atoms with van der Waals surface area (Å²) in [5.74, 6) is 1.09. The number of piperidine rings is 1. The van der Waals surface area contributed by atoms with Crippen LogP contribution in [0.3, 0.4) is 0 Å². The molecular weight excluding hydrogens is 449 g/mol. The molecule has 0 unspecified atom stereocenters. The molecule has 1 aliphatic heterocycles. The van der Waals surface area contributed by atoms with Gasteiger partial charge in [-0.3, -0.25) is 4.98 Å². The van der Waals surface area contributed by atoms with Gasteiger partial charge in [0.05, 0.1) is 11.3 Å². The van der Waals surface area contributed by atoms with E-state index in [0.717, 1.165) is 63.0 Å². The fraction of sp³-hybridized carbons (Fsp3) is 0.419. The molecule has 1 aliphatic carbocycles. The molecule has 1 N–H and O–H groups in total. The minimum atomic E-state index is -0.764. The summed E-state index contributed by atoms with van der Waals surface area (Å²) < 4.78 is 14.9.